The van der Waals surface area contributed by atoms with Gasteiger partial charge in [0.05, 0.1) is 22.1 Å². The molecule has 0 aliphatic carbocycles. The van der Waals surface area contributed by atoms with Gasteiger partial charge < -0.3 is 34.0 Å². The van der Waals surface area contributed by atoms with E-state index in [-0.39, 0.29) is 34.0 Å². The summed E-state index contributed by atoms with van der Waals surface area (Å²) in [7, 11) is 0. The van der Waals surface area contributed by atoms with Gasteiger partial charge in [0.25, 0.3) is 0 Å². The Morgan fingerprint density at radius 2 is 0.531 bits per heavy atom. The first kappa shape index (κ1) is 48.9. The van der Waals surface area contributed by atoms with Crippen molar-refractivity contribution in [2.75, 3.05) is 0 Å². The zero-order valence-electron chi connectivity index (χ0n) is 38.0. The largest absolute Gasteiger partial charge is 1.00 e. The lowest BCUT2D eigenvalue weighted by atomic mass is 9.97. The second-order valence-electron chi connectivity index (χ2n) is 17.8. The Morgan fingerprint density at radius 3 is 0.828 bits per heavy atom. The van der Waals surface area contributed by atoms with Crippen molar-refractivity contribution in [3.63, 3.8) is 0 Å². The van der Waals surface area contributed by atoms with E-state index in [0.717, 1.165) is 48.0 Å². The number of hydrogen-bond acceptors (Lipinski definition) is 2. The predicted octanol–water partition coefficient (Wildman–Crippen LogP) is 8.85. The molecule has 4 nitrogen and oxygen atoms in total. The van der Waals surface area contributed by atoms with Crippen LogP contribution in [-0.4, -0.2) is 9.97 Å². The molecule has 4 aromatic carbocycles. The van der Waals surface area contributed by atoms with Gasteiger partial charge in [-0.25, -0.2) is 19.1 Å². The lowest BCUT2D eigenvalue weighted by molar-refractivity contribution is -0.697. The first-order valence-electron chi connectivity index (χ1n) is 24.3. The number of halogens is 2. The predicted molar refractivity (Wildman–Crippen MR) is 261 cm³/mol. The molecule has 0 spiro atoms. The third-order valence-electron chi connectivity index (χ3n) is 13.2. The van der Waals surface area contributed by atoms with Crippen LogP contribution in [0.3, 0.4) is 0 Å². The maximum Gasteiger partial charge on any atom is 0.169 e. The molecule has 0 amide bonds. The van der Waals surface area contributed by atoms with Crippen molar-refractivity contribution >= 4 is 43.6 Å². The molecule has 0 aliphatic heterocycles. The molecule has 0 saturated carbocycles. The highest BCUT2D eigenvalue weighted by Gasteiger charge is 2.11. The fourth-order valence-electron chi connectivity index (χ4n) is 9.66. The summed E-state index contributed by atoms with van der Waals surface area (Å²) in [5, 5.41) is 5.30. The van der Waals surface area contributed by atoms with E-state index in [1.165, 1.54) is 159 Å². The molecule has 334 valence electrons. The van der Waals surface area contributed by atoms with E-state index >= 15 is 0 Å². The number of aryl methyl sites for hydroxylation is 4. The number of benzene rings is 4. The van der Waals surface area contributed by atoms with Gasteiger partial charge in [0.15, 0.2) is 24.8 Å². The summed E-state index contributed by atoms with van der Waals surface area (Å²) in [6.45, 7) is 2.21. The van der Waals surface area contributed by atoms with Crippen molar-refractivity contribution in [1.82, 2.24) is 9.97 Å². The van der Waals surface area contributed by atoms with Gasteiger partial charge in [0.2, 0.25) is 0 Å². The molecule has 0 aliphatic rings. The second kappa shape index (κ2) is 26.4. The smallest absolute Gasteiger partial charge is 0.169 e. The summed E-state index contributed by atoms with van der Waals surface area (Å²) >= 11 is 0. The summed E-state index contributed by atoms with van der Waals surface area (Å²) in [4.78, 5) is 9.80. The van der Waals surface area contributed by atoms with Gasteiger partial charge in [-0.1, -0.05) is 150 Å². The van der Waals surface area contributed by atoms with Crippen molar-refractivity contribution in [2.24, 2.45) is 0 Å². The summed E-state index contributed by atoms with van der Waals surface area (Å²) < 4.78 is 4.71. The number of aromatic nitrogens is 4. The van der Waals surface area contributed by atoms with Crippen molar-refractivity contribution in [2.45, 2.75) is 142 Å². The first-order valence-corrected chi connectivity index (χ1v) is 24.3. The minimum Gasteiger partial charge on any atom is -1.00 e. The van der Waals surface area contributed by atoms with Crippen LogP contribution < -0.4 is 43.1 Å². The molecule has 0 atom stereocenters. The van der Waals surface area contributed by atoms with Crippen molar-refractivity contribution in [3.05, 3.63) is 157 Å². The number of rotatable bonds is 25. The number of para-hydroxylation sites is 4. The van der Waals surface area contributed by atoms with Gasteiger partial charge in [0, 0.05) is 58.7 Å². The normalized spacial score (nSPS) is 11.3. The van der Waals surface area contributed by atoms with E-state index in [2.05, 4.69) is 155 Å². The monoisotopic (exact) mass is 978 g/mol. The van der Waals surface area contributed by atoms with E-state index in [1.807, 2.05) is 0 Å². The average molecular weight is 981 g/mol. The molecule has 64 heavy (non-hydrogen) atoms. The van der Waals surface area contributed by atoms with Crippen LogP contribution in [0.5, 0.6) is 0 Å². The molecule has 4 heterocycles. The standard InChI is InChI=1S/C58H68N4.2BrH/c1(3-7-11-15-27-49-51-29-17-21-33-55(51)59-56-34-22-18-30-52(49)56)5-9-13-25-41-61-43-37-47(38-44-61)48-39-45-62(46-40-48)42-26-14-10-6-2-4-8-12-16-28-50-53-31-19-23-35-57(53)60-58-36-24-20-32-54(50)58;;/h17-24,29-40,43-46H,1-16,25-28,41-42H2;2*1H/q+2;;/p-2. The van der Waals surface area contributed by atoms with Gasteiger partial charge in [-0.05, 0) is 85.0 Å². The fraction of sp³-hybridized carbons (Fsp3) is 0.379. The molecule has 0 saturated heterocycles. The van der Waals surface area contributed by atoms with E-state index < -0.39 is 0 Å². The molecule has 0 bridgehead atoms. The van der Waals surface area contributed by atoms with E-state index in [1.54, 1.807) is 0 Å². The third-order valence-corrected chi connectivity index (χ3v) is 13.2. The van der Waals surface area contributed by atoms with E-state index in [0.29, 0.717) is 0 Å². The molecule has 0 fully saturated rings. The molecule has 6 heteroatoms. The summed E-state index contributed by atoms with van der Waals surface area (Å²) in [6.07, 6.45) is 35.2. The van der Waals surface area contributed by atoms with E-state index in [9.17, 15) is 0 Å². The summed E-state index contributed by atoms with van der Waals surface area (Å²) in [5.74, 6) is 0. The quantitative estimate of drug-likeness (QED) is 0.0326. The maximum atomic E-state index is 4.90. The van der Waals surface area contributed by atoms with Gasteiger partial charge in [-0.2, -0.15) is 0 Å². The van der Waals surface area contributed by atoms with Crippen molar-refractivity contribution in [3.8, 4) is 11.1 Å². The Kier molecular flexibility index (Phi) is 20.2. The molecule has 0 radical (unpaired) electrons. The molecule has 4 aromatic heterocycles. The van der Waals surface area contributed by atoms with Crippen LogP contribution in [-0.2, 0) is 25.9 Å². The molecule has 8 aromatic rings. The molecular weight excluding hydrogens is 912 g/mol. The maximum absolute atomic E-state index is 4.90. The molecule has 0 N–H and O–H groups in total. The van der Waals surface area contributed by atoms with Crippen LogP contribution in [0.4, 0.5) is 0 Å². The van der Waals surface area contributed by atoms with Crippen LogP contribution in [0.1, 0.15) is 127 Å². The molecule has 8 rings (SSSR count). The van der Waals surface area contributed by atoms with Gasteiger partial charge in [-0.15, -0.1) is 0 Å². The Hall–Kier alpha value is -4.52. The number of unbranched alkanes of at least 4 members (excludes halogenated alkanes) is 16. The SMILES string of the molecule is [Br-].[Br-].c1ccc2c(CCCCCCCCCCC[n+]3ccc(-c4cc[n+](CCCCCCCCCCCc5c6ccccc6nc6ccccc56)cc4)cc3)c3ccccc3nc2c1. The van der Waals surface area contributed by atoms with E-state index in [4.69, 9.17) is 9.97 Å². The molecular formula is C58H68Br2N4. The number of nitrogens with zero attached hydrogens (tertiary/aromatic N) is 4. The topological polar surface area (TPSA) is 33.5 Å². The Bertz CT molecular complexity index is 2320. The Labute approximate surface area is 404 Å². The van der Waals surface area contributed by atoms with Crippen LogP contribution in [0, 0.1) is 0 Å². The van der Waals surface area contributed by atoms with Gasteiger partial charge in [-0.3, -0.25) is 0 Å². The number of pyridine rings is 4. The number of fused-ring (bicyclic) bond motifs is 4. The second-order valence-corrected chi connectivity index (χ2v) is 17.8. The summed E-state index contributed by atoms with van der Waals surface area (Å²) in [5.41, 5.74) is 10.1. The molecule has 0 unspecified atom stereocenters. The highest BCUT2D eigenvalue weighted by Crippen LogP contribution is 2.29. The minimum atomic E-state index is 0. The van der Waals surface area contributed by atoms with Crippen molar-refractivity contribution in [1.29, 1.82) is 0 Å². The van der Waals surface area contributed by atoms with Gasteiger partial charge >= 0.3 is 0 Å². The zero-order valence-corrected chi connectivity index (χ0v) is 41.1. The first-order chi connectivity index (χ1) is 30.8. The fourth-order valence-corrected chi connectivity index (χ4v) is 9.66. The van der Waals surface area contributed by atoms with Crippen LogP contribution >= 0.6 is 0 Å². The Morgan fingerprint density at radius 1 is 0.281 bits per heavy atom. The lowest BCUT2D eigenvalue weighted by Gasteiger charge is -2.11. The third kappa shape index (κ3) is 13.7. The highest BCUT2D eigenvalue weighted by atomic mass is 79.9. The average Bonchev–Trinajstić information content (AvgIpc) is 3.32. The minimum absolute atomic E-state index is 0. The Balaban J connectivity index is 0.00000340. The van der Waals surface area contributed by atoms with Gasteiger partial charge in [0.1, 0.15) is 13.1 Å². The lowest BCUT2D eigenvalue weighted by Crippen LogP contribution is -3.00. The van der Waals surface area contributed by atoms with Crippen LogP contribution in [0.25, 0.3) is 54.7 Å². The van der Waals surface area contributed by atoms with Crippen LogP contribution in [0.15, 0.2) is 146 Å². The van der Waals surface area contributed by atoms with Crippen LogP contribution in [0.2, 0.25) is 0 Å². The summed E-state index contributed by atoms with van der Waals surface area (Å²) in [6, 6.07) is 43.7. The van der Waals surface area contributed by atoms with Crippen molar-refractivity contribution < 1.29 is 43.1 Å². The zero-order chi connectivity index (χ0) is 42.0. The highest BCUT2D eigenvalue weighted by molar-refractivity contribution is 5.98. The number of hydrogen-bond donors (Lipinski definition) is 0.